The third-order valence-electron chi connectivity index (χ3n) is 5.65. The molecule has 0 aliphatic carbocycles. The van der Waals surface area contributed by atoms with Crippen LogP contribution in [0.15, 0.2) is 54.7 Å². The van der Waals surface area contributed by atoms with Crippen molar-refractivity contribution in [3.63, 3.8) is 0 Å². The number of sulfone groups is 1. The molecule has 5 nitrogen and oxygen atoms in total. The molecule has 2 aromatic carbocycles. The van der Waals surface area contributed by atoms with E-state index < -0.39 is 9.84 Å². The van der Waals surface area contributed by atoms with Gasteiger partial charge in [-0.15, -0.1) is 0 Å². The molecular weight excluding hydrogens is 413 g/mol. The van der Waals surface area contributed by atoms with Crippen LogP contribution in [0.4, 0.5) is 15.8 Å². The lowest BCUT2D eigenvalue weighted by Gasteiger charge is -2.30. The van der Waals surface area contributed by atoms with Crippen LogP contribution >= 0.6 is 0 Å². The molecule has 1 N–H and O–H groups in total. The van der Waals surface area contributed by atoms with Crippen LogP contribution in [0.3, 0.4) is 0 Å². The van der Waals surface area contributed by atoms with Gasteiger partial charge in [-0.05, 0) is 60.4 Å². The second-order valence-electron chi connectivity index (χ2n) is 8.09. The fourth-order valence-electron chi connectivity index (χ4n) is 3.97. The van der Waals surface area contributed by atoms with Gasteiger partial charge in [0.1, 0.15) is 21.3 Å². The van der Waals surface area contributed by atoms with Gasteiger partial charge in [0.2, 0.25) is 0 Å². The van der Waals surface area contributed by atoms with Crippen molar-refractivity contribution in [1.29, 1.82) is 0 Å². The number of rotatable bonds is 6. The number of benzene rings is 2. The van der Waals surface area contributed by atoms with Crippen LogP contribution in [-0.4, -0.2) is 43.4 Å². The number of aromatic nitrogens is 1. The van der Waals surface area contributed by atoms with Crippen LogP contribution in [0.2, 0.25) is 0 Å². The summed E-state index contributed by atoms with van der Waals surface area (Å²) in [6.07, 6.45) is 3.72. The zero-order chi connectivity index (χ0) is 22.0. The van der Waals surface area contributed by atoms with Crippen LogP contribution in [0.1, 0.15) is 16.7 Å². The quantitative estimate of drug-likeness (QED) is 0.619. The first-order chi connectivity index (χ1) is 14.8. The van der Waals surface area contributed by atoms with Crippen LogP contribution < -0.4 is 5.32 Å². The molecule has 162 valence electrons. The number of anilines is 2. The van der Waals surface area contributed by atoms with Crippen molar-refractivity contribution in [3.8, 4) is 11.3 Å². The molecule has 0 saturated heterocycles. The third kappa shape index (κ3) is 5.11. The van der Waals surface area contributed by atoms with E-state index >= 15 is 0 Å². The van der Waals surface area contributed by atoms with Gasteiger partial charge in [-0.3, -0.25) is 9.88 Å². The molecule has 1 aliphatic heterocycles. The lowest BCUT2D eigenvalue weighted by molar-refractivity contribution is 0.269. The summed E-state index contributed by atoms with van der Waals surface area (Å²) in [4.78, 5) is 6.40. The Labute approximate surface area is 182 Å². The Kier molecular flexibility index (Phi) is 6.07. The van der Waals surface area contributed by atoms with Crippen molar-refractivity contribution < 1.29 is 12.8 Å². The lowest BCUT2D eigenvalue weighted by atomic mass is 9.97. The van der Waals surface area contributed by atoms with E-state index in [2.05, 4.69) is 21.3 Å². The first-order valence-corrected chi connectivity index (χ1v) is 12.4. The van der Waals surface area contributed by atoms with Crippen LogP contribution in [0.25, 0.3) is 11.3 Å². The van der Waals surface area contributed by atoms with Crippen molar-refractivity contribution in [2.45, 2.75) is 19.9 Å². The zero-order valence-corrected chi connectivity index (χ0v) is 18.5. The third-order valence-corrected chi connectivity index (χ3v) is 6.58. The van der Waals surface area contributed by atoms with E-state index in [0.717, 1.165) is 42.0 Å². The Bertz CT molecular complexity index is 1210. The summed E-state index contributed by atoms with van der Waals surface area (Å²) < 4.78 is 37.3. The van der Waals surface area contributed by atoms with Gasteiger partial charge in [0.15, 0.2) is 0 Å². The SMILES string of the molecule is Cc1ccc(Nc2cccc3c2CCN(CCS(C)(=O)=O)C3)cc1-c1ncccc1F. The van der Waals surface area contributed by atoms with E-state index in [0.29, 0.717) is 12.2 Å². The second kappa shape index (κ2) is 8.77. The molecule has 2 heterocycles. The number of hydrogen-bond acceptors (Lipinski definition) is 5. The smallest absolute Gasteiger partial charge is 0.149 e. The molecule has 0 amide bonds. The average molecular weight is 440 g/mol. The highest BCUT2D eigenvalue weighted by atomic mass is 32.2. The lowest BCUT2D eigenvalue weighted by Crippen LogP contribution is -2.34. The van der Waals surface area contributed by atoms with E-state index in [1.54, 1.807) is 12.3 Å². The minimum atomic E-state index is -2.97. The maximum atomic E-state index is 14.3. The number of hydrogen-bond donors (Lipinski definition) is 1. The van der Waals surface area contributed by atoms with Crippen molar-refractivity contribution in [1.82, 2.24) is 9.88 Å². The number of fused-ring (bicyclic) bond motifs is 1. The maximum Gasteiger partial charge on any atom is 0.149 e. The van der Waals surface area contributed by atoms with Gasteiger partial charge in [0.05, 0.1) is 5.75 Å². The number of nitrogens with one attached hydrogen (secondary N) is 1. The number of nitrogens with zero attached hydrogens (tertiary/aromatic N) is 2. The monoisotopic (exact) mass is 439 g/mol. The Balaban J connectivity index is 1.57. The highest BCUT2D eigenvalue weighted by Gasteiger charge is 2.20. The number of halogens is 1. The summed E-state index contributed by atoms with van der Waals surface area (Å²) >= 11 is 0. The van der Waals surface area contributed by atoms with E-state index in [1.807, 2.05) is 37.3 Å². The molecule has 7 heteroatoms. The van der Waals surface area contributed by atoms with E-state index in [-0.39, 0.29) is 11.6 Å². The summed E-state index contributed by atoms with van der Waals surface area (Å²) in [5, 5.41) is 3.50. The molecule has 4 rings (SSSR count). The van der Waals surface area contributed by atoms with Gasteiger partial charge in [-0.2, -0.15) is 0 Å². The first kappa shape index (κ1) is 21.5. The summed E-state index contributed by atoms with van der Waals surface area (Å²) in [6, 6.07) is 15.0. The predicted octanol–water partition coefficient (Wildman–Crippen LogP) is 4.34. The van der Waals surface area contributed by atoms with E-state index in [9.17, 15) is 12.8 Å². The molecule has 0 unspecified atom stereocenters. The molecule has 0 atom stereocenters. The molecule has 1 aliphatic rings. The standard InChI is InChI=1S/C24H26FN3O2S/c1-17-8-9-19(15-21(17)24-22(25)6-4-11-26-24)27-23-7-3-5-18-16-28(12-10-20(18)23)13-14-31(2,29)30/h3-9,11,15,27H,10,12-14,16H2,1-2H3. The van der Waals surface area contributed by atoms with E-state index in [1.165, 1.54) is 23.4 Å². The first-order valence-electron chi connectivity index (χ1n) is 10.3. The summed E-state index contributed by atoms with van der Waals surface area (Å²) in [5.41, 5.74) is 6.41. The van der Waals surface area contributed by atoms with Gasteiger partial charge in [-0.1, -0.05) is 18.2 Å². The summed E-state index contributed by atoms with van der Waals surface area (Å²) in [5.74, 6) is -0.162. The fourth-order valence-corrected chi connectivity index (χ4v) is 4.55. The van der Waals surface area contributed by atoms with Gasteiger partial charge < -0.3 is 5.32 Å². The Morgan fingerprint density at radius 1 is 1.16 bits per heavy atom. The van der Waals surface area contributed by atoms with Crippen molar-refractivity contribution in [2.75, 3.05) is 30.4 Å². The molecule has 0 spiro atoms. The summed E-state index contributed by atoms with van der Waals surface area (Å²) in [6.45, 7) is 4.05. The summed E-state index contributed by atoms with van der Waals surface area (Å²) in [7, 11) is -2.97. The van der Waals surface area contributed by atoms with Crippen LogP contribution in [0, 0.1) is 12.7 Å². The van der Waals surface area contributed by atoms with Crippen molar-refractivity contribution in [2.24, 2.45) is 0 Å². The number of aryl methyl sites for hydroxylation is 1. The van der Waals surface area contributed by atoms with Gasteiger partial charge in [0.25, 0.3) is 0 Å². The van der Waals surface area contributed by atoms with Gasteiger partial charge in [0, 0.05) is 49.0 Å². The predicted molar refractivity (Wildman–Crippen MR) is 123 cm³/mol. The largest absolute Gasteiger partial charge is 0.355 e. The molecule has 0 radical (unpaired) electrons. The molecule has 0 saturated carbocycles. The normalized spacial score (nSPS) is 14.3. The Hall–Kier alpha value is -2.77. The second-order valence-corrected chi connectivity index (χ2v) is 10.3. The molecular formula is C24H26FN3O2S. The topological polar surface area (TPSA) is 62.3 Å². The van der Waals surface area contributed by atoms with Crippen LogP contribution in [-0.2, 0) is 22.8 Å². The zero-order valence-electron chi connectivity index (χ0n) is 17.7. The fraction of sp³-hybridized carbons (Fsp3) is 0.292. The van der Waals surface area contributed by atoms with E-state index in [4.69, 9.17) is 0 Å². The van der Waals surface area contributed by atoms with Crippen molar-refractivity contribution in [3.05, 3.63) is 77.2 Å². The van der Waals surface area contributed by atoms with Gasteiger partial charge >= 0.3 is 0 Å². The number of pyridine rings is 1. The molecule has 1 aromatic heterocycles. The Morgan fingerprint density at radius 2 is 2.00 bits per heavy atom. The highest BCUT2D eigenvalue weighted by molar-refractivity contribution is 7.90. The highest BCUT2D eigenvalue weighted by Crippen LogP contribution is 2.32. The van der Waals surface area contributed by atoms with Crippen molar-refractivity contribution >= 4 is 21.2 Å². The van der Waals surface area contributed by atoms with Gasteiger partial charge in [-0.25, -0.2) is 12.8 Å². The molecule has 3 aromatic rings. The minimum absolute atomic E-state index is 0.177. The maximum absolute atomic E-state index is 14.3. The molecule has 31 heavy (non-hydrogen) atoms. The average Bonchev–Trinajstić information content (AvgIpc) is 2.74. The van der Waals surface area contributed by atoms with Crippen LogP contribution in [0.5, 0.6) is 0 Å². The minimum Gasteiger partial charge on any atom is -0.355 e. The Morgan fingerprint density at radius 3 is 2.77 bits per heavy atom. The molecule has 0 fully saturated rings. The molecule has 0 bridgehead atoms.